The molecule has 1 aromatic heterocycles. The highest BCUT2D eigenvalue weighted by Gasteiger charge is 2.13. The summed E-state index contributed by atoms with van der Waals surface area (Å²) < 4.78 is 3.00. The number of hydrogen-bond donors (Lipinski definition) is 1. The minimum absolute atomic E-state index is 0.719. The highest BCUT2D eigenvalue weighted by Crippen LogP contribution is 2.26. The molecule has 0 saturated heterocycles. The Kier molecular flexibility index (Phi) is 3.86. The first-order chi connectivity index (χ1) is 8.13. The molecule has 1 heterocycles. The van der Waals surface area contributed by atoms with Gasteiger partial charge in [-0.1, -0.05) is 23.7 Å². The maximum atomic E-state index is 5.99. The molecule has 0 amide bonds. The smallest absolute Gasteiger partial charge is 0.140 e. The van der Waals surface area contributed by atoms with Gasteiger partial charge in [0.05, 0.1) is 5.69 Å². The molecule has 0 aliphatic rings. The third kappa shape index (κ3) is 2.54. The van der Waals surface area contributed by atoms with E-state index >= 15 is 0 Å². The van der Waals surface area contributed by atoms with Crippen molar-refractivity contribution in [2.75, 3.05) is 7.05 Å². The molecule has 0 radical (unpaired) electrons. The summed E-state index contributed by atoms with van der Waals surface area (Å²) in [5.74, 6) is 0.907. The van der Waals surface area contributed by atoms with Crippen molar-refractivity contribution in [3.05, 3.63) is 39.6 Å². The summed E-state index contributed by atoms with van der Waals surface area (Å²) in [6.45, 7) is 0.731. The van der Waals surface area contributed by atoms with Crippen LogP contribution in [0.1, 0.15) is 5.69 Å². The molecule has 0 fully saturated rings. The van der Waals surface area contributed by atoms with E-state index in [-0.39, 0.29) is 0 Å². The monoisotopic (exact) mass is 313 g/mol. The molecule has 0 aliphatic heterocycles. The molecule has 0 saturated carbocycles. The van der Waals surface area contributed by atoms with E-state index in [1.165, 1.54) is 0 Å². The third-order valence-electron chi connectivity index (χ3n) is 2.52. The fourth-order valence-electron chi connectivity index (χ4n) is 1.70. The van der Waals surface area contributed by atoms with Crippen molar-refractivity contribution >= 4 is 27.5 Å². The van der Waals surface area contributed by atoms with Gasteiger partial charge in [-0.3, -0.25) is 0 Å². The van der Waals surface area contributed by atoms with Crippen LogP contribution in [0.25, 0.3) is 11.4 Å². The van der Waals surface area contributed by atoms with Gasteiger partial charge in [-0.25, -0.2) is 4.98 Å². The highest BCUT2D eigenvalue weighted by atomic mass is 79.9. The van der Waals surface area contributed by atoms with Crippen LogP contribution in [-0.4, -0.2) is 16.6 Å². The molecule has 0 unspecified atom stereocenters. The van der Waals surface area contributed by atoms with Gasteiger partial charge in [0.1, 0.15) is 10.4 Å². The van der Waals surface area contributed by atoms with Gasteiger partial charge in [-0.15, -0.1) is 0 Å². The van der Waals surface area contributed by atoms with Crippen molar-refractivity contribution in [3.8, 4) is 11.4 Å². The zero-order valence-electron chi connectivity index (χ0n) is 9.67. The standard InChI is InChI=1S/C12H13BrClN3/c1-15-7-10-11(13)17(2)12(16-10)8-4-3-5-9(14)6-8/h3-6,15H,7H2,1-2H3. The van der Waals surface area contributed by atoms with Crippen LogP contribution in [-0.2, 0) is 13.6 Å². The van der Waals surface area contributed by atoms with Gasteiger partial charge < -0.3 is 9.88 Å². The molecule has 0 aliphatic carbocycles. The van der Waals surface area contributed by atoms with Gasteiger partial charge >= 0.3 is 0 Å². The molecule has 0 spiro atoms. The van der Waals surface area contributed by atoms with E-state index in [1.807, 2.05) is 42.9 Å². The summed E-state index contributed by atoms with van der Waals surface area (Å²) in [7, 11) is 3.88. The average Bonchev–Trinajstić information content (AvgIpc) is 2.58. The molecule has 1 N–H and O–H groups in total. The summed E-state index contributed by atoms with van der Waals surface area (Å²) in [5, 5.41) is 3.82. The van der Waals surface area contributed by atoms with E-state index in [0.29, 0.717) is 0 Å². The number of halogens is 2. The van der Waals surface area contributed by atoms with Crippen molar-refractivity contribution < 1.29 is 0 Å². The molecular formula is C12H13BrClN3. The lowest BCUT2D eigenvalue weighted by Gasteiger charge is -2.02. The summed E-state index contributed by atoms with van der Waals surface area (Å²) in [6.07, 6.45) is 0. The van der Waals surface area contributed by atoms with E-state index in [2.05, 4.69) is 26.2 Å². The Bertz CT molecular complexity index is 537. The largest absolute Gasteiger partial charge is 0.322 e. The second kappa shape index (κ2) is 5.21. The van der Waals surface area contributed by atoms with Crippen LogP contribution in [0, 0.1) is 0 Å². The van der Waals surface area contributed by atoms with Gasteiger partial charge in [-0.2, -0.15) is 0 Å². The van der Waals surface area contributed by atoms with Crippen LogP contribution >= 0.6 is 27.5 Å². The van der Waals surface area contributed by atoms with Crippen molar-refractivity contribution in [1.82, 2.24) is 14.9 Å². The molecule has 0 atom stereocenters. The van der Waals surface area contributed by atoms with E-state index in [0.717, 1.165) is 33.3 Å². The molecule has 90 valence electrons. The maximum Gasteiger partial charge on any atom is 0.140 e. The van der Waals surface area contributed by atoms with Crippen molar-refractivity contribution in [2.24, 2.45) is 7.05 Å². The SMILES string of the molecule is CNCc1nc(-c2cccc(Cl)c2)n(C)c1Br. The molecule has 0 bridgehead atoms. The zero-order valence-corrected chi connectivity index (χ0v) is 12.0. The third-order valence-corrected chi connectivity index (χ3v) is 3.74. The van der Waals surface area contributed by atoms with E-state index in [9.17, 15) is 0 Å². The summed E-state index contributed by atoms with van der Waals surface area (Å²) in [6, 6.07) is 7.71. The normalized spacial score (nSPS) is 10.8. The second-order valence-corrected chi connectivity index (χ2v) is 4.96. The molecular weight excluding hydrogens is 302 g/mol. The van der Waals surface area contributed by atoms with Crippen LogP contribution in [0.5, 0.6) is 0 Å². The van der Waals surface area contributed by atoms with Crippen molar-refractivity contribution in [1.29, 1.82) is 0 Å². The lowest BCUT2D eigenvalue weighted by atomic mass is 10.2. The predicted molar refractivity (Wildman–Crippen MR) is 74.1 cm³/mol. The van der Waals surface area contributed by atoms with Gasteiger partial charge in [0, 0.05) is 24.2 Å². The second-order valence-electron chi connectivity index (χ2n) is 3.77. The first-order valence-corrected chi connectivity index (χ1v) is 6.42. The Labute approximate surface area is 114 Å². The Morgan fingerprint density at radius 1 is 1.47 bits per heavy atom. The Hall–Kier alpha value is -0.840. The summed E-state index contributed by atoms with van der Waals surface area (Å²) in [4.78, 5) is 4.61. The molecule has 5 heteroatoms. The van der Waals surface area contributed by atoms with Crippen LogP contribution in [0.15, 0.2) is 28.9 Å². The number of rotatable bonds is 3. The lowest BCUT2D eigenvalue weighted by molar-refractivity contribution is 0.788. The number of benzene rings is 1. The van der Waals surface area contributed by atoms with Gasteiger partial charge in [0.2, 0.25) is 0 Å². The van der Waals surface area contributed by atoms with Crippen LogP contribution < -0.4 is 5.32 Å². The molecule has 3 nitrogen and oxygen atoms in total. The Balaban J connectivity index is 2.49. The number of nitrogens with zero attached hydrogens (tertiary/aromatic N) is 2. The first kappa shape index (κ1) is 12.6. The lowest BCUT2D eigenvalue weighted by Crippen LogP contribution is -2.05. The van der Waals surface area contributed by atoms with Crippen molar-refractivity contribution in [3.63, 3.8) is 0 Å². The maximum absolute atomic E-state index is 5.99. The van der Waals surface area contributed by atoms with Crippen LogP contribution in [0.2, 0.25) is 5.02 Å². The Morgan fingerprint density at radius 3 is 2.88 bits per heavy atom. The topological polar surface area (TPSA) is 29.9 Å². The van der Waals surface area contributed by atoms with Crippen molar-refractivity contribution in [2.45, 2.75) is 6.54 Å². The average molecular weight is 315 g/mol. The summed E-state index contributed by atoms with van der Waals surface area (Å²) in [5.41, 5.74) is 2.01. The van der Waals surface area contributed by atoms with Gasteiger partial charge in [0.25, 0.3) is 0 Å². The van der Waals surface area contributed by atoms with E-state index in [4.69, 9.17) is 11.6 Å². The predicted octanol–water partition coefficient (Wildman–Crippen LogP) is 3.22. The Morgan fingerprint density at radius 2 is 2.24 bits per heavy atom. The van der Waals surface area contributed by atoms with E-state index < -0.39 is 0 Å². The quantitative estimate of drug-likeness (QED) is 0.942. The van der Waals surface area contributed by atoms with Crippen LogP contribution in [0.3, 0.4) is 0 Å². The molecule has 2 aromatic rings. The number of nitrogens with one attached hydrogen (secondary N) is 1. The number of hydrogen-bond acceptors (Lipinski definition) is 2. The summed E-state index contributed by atoms with van der Waals surface area (Å²) >= 11 is 9.54. The number of aromatic nitrogens is 2. The minimum atomic E-state index is 0.719. The zero-order chi connectivity index (χ0) is 12.4. The first-order valence-electron chi connectivity index (χ1n) is 5.25. The number of imidazole rings is 1. The van der Waals surface area contributed by atoms with Gasteiger partial charge in [-0.05, 0) is 35.1 Å². The molecule has 1 aromatic carbocycles. The van der Waals surface area contributed by atoms with Crippen LogP contribution in [0.4, 0.5) is 0 Å². The fraction of sp³-hybridized carbons (Fsp3) is 0.250. The van der Waals surface area contributed by atoms with Gasteiger partial charge in [0.15, 0.2) is 0 Å². The van der Waals surface area contributed by atoms with E-state index in [1.54, 1.807) is 0 Å². The minimum Gasteiger partial charge on any atom is -0.322 e. The molecule has 2 rings (SSSR count). The molecule has 17 heavy (non-hydrogen) atoms. The highest BCUT2D eigenvalue weighted by molar-refractivity contribution is 9.10. The fourth-order valence-corrected chi connectivity index (χ4v) is 2.29.